The minimum Gasteiger partial charge on any atom is -0.378 e. The summed E-state index contributed by atoms with van der Waals surface area (Å²) in [6.07, 6.45) is 1.68. The van der Waals surface area contributed by atoms with Crippen molar-refractivity contribution in [2.45, 2.75) is 18.9 Å². The van der Waals surface area contributed by atoms with Crippen molar-refractivity contribution in [1.82, 2.24) is 4.31 Å². The summed E-state index contributed by atoms with van der Waals surface area (Å²) in [6, 6.07) is 7.80. The first kappa shape index (κ1) is 13.3. The number of benzene rings is 1. The first-order chi connectivity index (χ1) is 8.39. The fraction of sp³-hybridized carbons (Fsp3) is 0.500. The van der Waals surface area contributed by atoms with Crippen LogP contribution in [0.4, 0.5) is 5.69 Å². The highest BCUT2D eigenvalue weighted by Crippen LogP contribution is 2.34. The smallest absolute Gasteiger partial charge is 0.277 e. The highest BCUT2D eigenvalue weighted by molar-refractivity contribution is 7.86. The van der Waals surface area contributed by atoms with E-state index in [0.717, 1.165) is 24.1 Å². The van der Waals surface area contributed by atoms with Gasteiger partial charge in [-0.2, -0.15) is 12.7 Å². The van der Waals surface area contributed by atoms with Crippen LogP contribution in [0.25, 0.3) is 0 Å². The highest BCUT2D eigenvalue weighted by atomic mass is 32.2. The van der Waals surface area contributed by atoms with Gasteiger partial charge in [0.15, 0.2) is 0 Å². The standard InChI is InChI=1S/C12H19N3O2S/c1-14(2)11-6-3-5-10(9-11)12-7-4-8-15(12)18(13,16)17/h3,5-6,9,12H,4,7-8H2,1-2H3,(H2,13,16,17)/t12-/m0/s1. The molecule has 100 valence electrons. The molecule has 2 N–H and O–H groups in total. The Morgan fingerprint density at radius 1 is 1.39 bits per heavy atom. The summed E-state index contributed by atoms with van der Waals surface area (Å²) in [5.41, 5.74) is 2.07. The Kier molecular flexibility index (Phi) is 3.61. The molecule has 1 aromatic carbocycles. The van der Waals surface area contributed by atoms with E-state index >= 15 is 0 Å². The van der Waals surface area contributed by atoms with Crippen molar-refractivity contribution in [3.05, 3.63) is 29.8 Å². The summed E-state index contributed by atoms with van der Waals surface area (Å²) >= 11 is 0. The van der Waals surface area contributed by atoms with Gasteiger partial charge in [0.1, 0.15) is 0 Å². The monoisotopic (exact) mass is 269 g/mol. The molecule has 5 nitrogen and oxygen atoms in total. The molecule has 1 aromatic rings. The zero-order chi connectivity index (χ0) is 13.3. The van der Waals surface area contributed by atoms with Crippen LogP contribution in [0, 0.1) is 0 Å². The summed E-state index contributed by atoms with van der Waals surface area (Å²) in [5, 5.41) is 5.25. The molecule has 1 atom stereocenters. The molecule has 18 heavy (non-hydrogen) atoms. The van der Waals surface area contributed by atoms with Gasteiger partial charge in [-0.15, -0.1) is 0 Å². The Hall–Kier alpha value is -1.11. The van der Waals surface area contributed by atoms with Crippen LogP contribution in [0.1, 0.15) is 24.4 Å². The third kappa shape index (κ3) is 2.66. The van der Waals surface area contributed by atoms with Gasteiger partial charge >= 0.3 is 0 Å². The SMILES string of the molecule is CN(C)c1cccc([C@@H]2CCCN2S(N)(=O)=O)c1. The fourth-order valence-electron chi connectivity index (χ4n) is 2.39. The lowest BCUT2D eigenvalue weighted by molar-refractivity contribution is 0.397. The topological polar surface area (TPSA) is 66.6 Å². The summed E-state index contributed by atoms with van der Waals surface area (Å²) < 4.78 is 24.4. The zero-order valence-electron chi connectivity index (χ0n) is 10.7. The normalized spacial score (nSPS) is 21.2. The van der Waals surface area contributed by atoms with Crippen molar-refractivity contribution in [1.29, 1.82) is 0 Å². The molecule has 0 unspecified atom stereocenters. The van der Waals surface area contributed by atoms with E-state index in [9.17, 15) is 8.42 Å². The Labute approximate surface area is 108 Å². The van der Waals surface area contributed by atoms with E-state index in [1.54, 1.807) is 0 Å². The van der Waals surface area contributed by atoms with Crippen LogP contribution in [0.15, 0.2) is 24.3 Å². The van der Waals surface area contributed by atoms with Crippen LogP contribution in [0.5, 0.6) is 0 Å². The Morgan fingerprint density at radius 3 is 2.72 bits per heavy atom. The summed E-state index contributed by atoms with van der Waals surface area (Å²) in [5.74, 6) is 0. The second-order valence-electron chi connectivity index (χ2n) is 4.80. The van der Waals surface area contributed by atoms with Gasteiger partial charge in [0.2, 0.25) is 0 Å². The van der Waals surface area contributed by atoms with Gasteiger partial charge in [0.25, 0.3) is 10.2 Å². The molecule has 0 aromatic heterocycles. The number of hydrogen-bond donors (Lipinski definition) is 1. The third-order valence-electron chi connectivity index (χ3n) is 3.30. The van der Waals surface area contributed by atoms with Gasteiger partial charge in [-0.05, 0) is 30.5 Å². The number of rotatable bonds is 3. The largest absolute Gasteiger partial charge is 0.378 e. The van der Waals surface area contributed by atoms with E-state index in [4.69, 9.17) is 5.14 Å². The van der Waals surface area contributed by atoms with Crippen LogP contribution in [-0.4, -0.2) is 33.4 Å². The van der Waals surface area contributed by atoms with Gasteiger partial charge in [0, 0.05) is 26.3 Å². The fourth-order valence-corrected chi connectivity index (χ4v) is 3.35. The molecule has 1 heterocycles. The van der Waals surface area contributed by atoms with Crippen LogP contribution in [-0.2, 0) is 10.2 Å². The second kappa shape index (κ2) is 4.87. The maximum absolute atomic E-state index is 11.5. The molecular formula is C12H19N3O2S. The summed E-state index contributed by atoms with van der Waals surface area (Å²) in [7, 11) is 0.314. The van der Waals surface area contributed by atoms with E-state index < -0.39 is 10.2 Å². The van der Waals surface area contributed by atoms with Crippen molar-refractivity contribution in [3.8, 4) is 0 Å². The van der Waals surface area contributed by atoms with Crippen molar-refractivity contribution >= 4 is 15.9 Å². The number of nitrogens with two attached hydrogens (primary N) is 1. The maximum atomic E-state index is 11.5. The minimum atomic E-state index is -3.61. The average Bonchev–Trinajstić information content (AvgIpc) is 2.77. The molecule has 6 heteroatoms. The molecule has 1 fully saturated rings. The second-order valence-corrected chi connectivity index (χ2v) is 6.30. The molecule has 0 amide bonds. The molecule has 0 spiro atoms. The van der Waals surface area contributed by atoms with E-state index in [-0.39, 0.29) is 6.04 Å². The Morgan fingerprint density at radius 2 is 2.11 bits per heavy atom. The molecule has 1 aliphatic heterocycles. The molecule has 0 radical (unpaired) electrons. The third-order valence-corrected chi connectivity index (χ3v) is 4.39. The van der Waals surface area contributed by atoms with Gasteiger partial charge in [-0.1, -0.05) is 12.1 Å². The van der Waals surface area contributed by atoms with Crippen LogP contribution >= 0.6 is 0 Å². The summed E-state index contributed by atoms with van der Waals surface area (Å²) in [4.78, 5) is 2.00. The molecule has 0 saturated carbocycles. The van der Waals surface area contributed by atoms with Crippen LogP contribution in [0.3, 0.4) is 0 Å². The van der Waals surface area contributed by atoms with Crippen molar-refractivity contribution in [2.75, 3.05) is 25.5 Å². The lowest BCUT2D eigenvalue weighted by Gasteiger charge is -2.23. The van der Waals surface area contributed by atoms with Gasteiger partial charge < -0.3 is 4.90 Å². The van der Waals surface area contributed by atoms with E-state index in [1.807, 2.05) is 43.3 Å². The van der Waals surface area contributed by atoms with Gasteiger partial charge in [-0.3, -0.25) is 0 Å². The van der Waals surface area contributed by atoms with E-state index in [0.29, 0.717) is 6.54 Å². The van der Waals surface area contributed by atoms with Gasteiger partial charge in [0.05, 0.1) is 6.04 Å². The quantitative estimate of drug-likeness (QED) is 0.893. The van der Waals surface area contributed by atoms with Crippen molar-refractivity contribution < 1.29 is 8.42 Å². The lowest BCUT2D eigenvalue weighted by Crippen LogP contribution is -2.36. The van der Waals surface area contributed by atoms with Crippen molar-refractivity contribution in [2.24, 2.45) is 5.14 Å². The molecule has 1 saturated heterocycles. The minimum absolute atomic E-state index is 0.125. The predicted molar refractivity (Wildman–Crippen MR) is 72.6 cm³/mol. The lowest BCUT2D eigenvalue weighted by atomic mass is 10.0. The van der Waals surface area contributed by atoms with Crippen molar-refractivity contribution in [3.63, 3.8) is 0 Å². The predicted octanol–water partition coefficient (Wildman–Crippen LogP) is 1.09. The average molecular weight is 269 g/mol. The highest BCUT2D eigenvalue weighted by Gasteiger charge is 2.33. The number of hydrogen-bond acceptors (Lipinski definition) is 3. The molecule has 2 rings (SSSR count). The van der Waals surface area contributed by atoms with Crippen LogP contribution < -0.4 is 10.0 Å². The van der Waals surface area contributed by atoms with Crippen LogP contribution in [0.2, 0.25) is 0 Å². The maximum Gasteiger partial charge on any atom is 0.277 e. The first-order valence-corrected chi connectivity index (χ1v) is 7.47. The first-order valence-electron chi connectivity index (χ1n) is 5.96. The Balaban J connectivity index is 2.33. The number of nitrogens with zero attached hydrogens (tertiary/aromatic N) is 2. The van der Waals surface area contributed by atoms with E-state index in [1.165, 1.54) is 4.31 Å². The van der Waals surface area contributed by atoms with Gasteiger partial charge in [-0.25, -0.2) is 5.14 Å². The Bertz CT molecular complexity index is 528. The molecule has 0 bridgehead atoms. The van der Waals surface area contributed by atoms with E-state index in [2.05, 4.69) is 0 Å². The molecular weight excluding hydrogens is 250 g/mol. The zero-order valence-corrected chi connectivity index (χ0v) is 11.5. The summed E-state index contributed by atoms with van der Waals surface area (Å²) in [6.45, 7) is 0.510. The number of anilines is 1. The molecule has 0 aliphatic carbocycles. The molecule has 1 aliphatic rings.